The van der Waals surface area contributed by atoms with Crippen molar-refractivity contribution in [1.82, 2.24) is 4.72 Å². The maximum absolute atomic E-state index is 12.3. The van der Waals surface area contributed by atoms with Crippen LogP contribution in [-0.2, 0) is 14.8 Å². The van der Waals surface area contributed by atoms with E-state index in [0.29, 0.717) is 6.61 Å². The van der Waals surface area contributed by atoms with Gasteiger partial charge in [-0.2, -0.15) is 0 Å². The van der Waals surface area contributed by atoms with Gasteiger partial charge >= 0.3 is 5.97 Å². The van der Waals surface area contributed by atoms with Crippen LogP contribution in [0.4, 0.5) is 0 Å². The Morgan fingerprint density at radius 3 is 2.86 bits per heavy atom. The van der Waals surface area contributed by atoms with Crippen molar-refractivity contribution in [3.63, 3.8) is 0 Å². The molecule has 0 aromatic heterocycles. The van der Waals surface area contributed by atoms with Crippen LogP contribution < -0.4 is 9.46 Å². The van der Waals surface area contributed by atoms with Crippen molar-refractivity contribution in [2.45, 2.75) is 23.8 Å². The van der Waals surface area contributed by atoms with E-state index in [-0.39, 0.29) is 28.9 Å². The Bertz CT molecular complexity index is 622. The average Bonchev–Trinajstić information content (AvgIpc) is 2.98. The summed E-state index contributed by atoms with van der Waals surface area (Å²) in [5, 5.41) is 8.97. The second-order valence-electron chi connectivity index (χ2n) is 4.66. The smallest absolute Gasteiger partial charge is 0.335 e. The molecule has 0 spiro atoms. The molecule has 1 saturated heterocycles. The maximum atomic E-state index is 12.3. The lowest BCUT2D eigenvalue weighted by Gasteiger charge is -2.14. The molecular weight excluding hydrogens is 298 g/mol. The number of benzene rings is 1. The Balaban J connectivity index is 2.24. The fraction of sp³-hybridized carbons (Fsp3) is 0.462. The molecule has 0 bridgehead atoms. The van der Waals surface area contributed by atoms with Gasteiger partial charge in [-0.05, 0) is 31.0 Å². The van der Waals surface area contributed by atoms with Crippen molar-refractivity contribution in [1.29, 1.82) is 0 Å². The van der Waals surface area contributed by atoms with Gasteiger partial charge in [-0.25, -0.2) is 17.9 Å². The average molecular weight is 315 g/mol. The number of hydrogen-bond acceptors (Lipinski definition) is 5. The van der Waals surface area contributed by atoms with Gasteiger partial charge in [0.1, 0.15) is 10.6 Å². The number of sulfonamides is 1. The first-order valence-electron chi connectivity index (χ1n) is 6.46. The van der Waals surface area contributed by atoms with E-state index < -0.39 is 16.0 Å². The lowest BCUT2D eigenvalue weighted by Crippen LogP contribution is -2.32. The molecule has 1 aliphatic rings. The van der Waals surface area contributed by atoms with Crippen LogP contribution in [0, 0.1) is 0 Å². The molecule has 0 saturated carbocycles. The van der Waals surface area contributed by atoms with Crippen LogP contribution in [0.2, 0.25) is 0 Å². The summed E-state index contributed by atoms with van der Waals surface area (Å²) >= 11 is 0. The highest BCUT2D eigenvalue weighted by molar-refractivity contribution is 7.89. The molecule has 2 rings (SSSR count). The van der Waals surface area contributed by atoms with E-state index in [4.69, 9.17) is 14.6 Å². The summed E-state index contributed by atoms with van der Waals surface area (Å²) < 4.78 is 37.4. The number of ether oxygens (including phenoxy) is 2. The second kappa shape index (κ2) is 6.42. The third-order valence-electron chi connectivity index (χ3n) is 3.23. The third-order valence-corrected chi connectivity index (χ3v) is 4.67. The highest BCUT2D eigenvalue weighted by atomic mass is 32.2. The zero-order valence-electron chi connectivity index (χ0n) is 11.5. The first-order valence-corrected chi connectivity index (χ1v) is 7.95. The Labute approximate surface area is 122 Å². The Hall–Kier alpha value is -1.64. The minimum absolute atomic E-state index is 0.0971. The predicted molar refractivity (Wildman–Crippen MR) is 74.1 cm³/mol. The molecule has 1 aromatic rings. The van der Waals surface area contributed by atoms with Gasteiger partial charge in [0.15, 0.2) is 0 Å². The van der Waals surface area contributed by atoms with Crippen molar-refractivity contribution >= 4 is 16.0 Å². The van der Waals surface area contributed by atoms with Crippen LogP contribution in [0.15, 0.2) is 23.1 Å². The highest BCUT2D eigenvalue weighted by Gasteiger charge is 2.24. The zero-order valence-corrected chi connectivity index (χ0v) is 12.4. The van der Waals surface area contributed by atoms with E-state index in [2.05, 4.69) is 4.72 Å². The molecule has 2 N–H and O–H groups in total. The quantitative estimate of drug-likeness (QED) is 0.807. The summed E-state index contributed by atoms with van der Waals surface area (Å²) in [5.41, 5.74) is -0.117. The first-order chi connectivity index (χ1) is 9.94. The van der Waals surface area contributed by atoms with Gasteiger partial charge in [0.25, 0.3) is 0 Å². The van der Waals surface area contributed by atoms with Crippen molar-refractivity contribution in [3.05, 3.63) is 23.8 Å². The van der Waals surface area contributed by atoms with Crippen molar-refractivity contribution in [2.24, 2.45) is 0 Å². The molecule has 8 heteroatoms. The minimum atomic E-state index is -3.86. The monoisotopic (exact) mass is 315 g/mol. The van der Waals surface area contributed by atoms with Gasteiger partial charge < -0.3 is 14.6 Å². The molecule has 0 radical (unpaired) electrons. The van der Waals surface area contributed by atoms with Crippen LogP contribution in [-0.4, -0.2) is 45.9 Å². The Morgan fingerprint density at radius 1 is 1.52 bits per heavy atom. The van der Waals surface area contributed by atoms with E-state index in [1.165, 1.54) is 19.2 Å². The number of nitrogens with one attached hydrogen (secondary N) is 1. The number of aromatic carboxylic acids is 1. The summed E-state index contributed by atoms with van der Waals surface area (Å²) in [6.45, 7) is 0.785. The van der Waals surface area contributed by atoms with Gasteiger partial charge in [0.05, 0.1) is 18.8 Å². The van der Waals surface area contributed by atoms with Crippen LogP contribution in [0.25, 0.3) is 0 Å². The van der Waals surface area contributed by atoms with Crippen LogP contribution in [0.3, 0.4) is 0 Å². The molecule has 1 aliphatic heterocycles. The number of carboxylic acids is 1. The largest absolute Gasteiger partial charge is 0.495 e. The summed E-state index contributed by atoms with van der Waals surface area (Å²) in [4.78, 5) is 10.8. The maximum Gasteiger partial charge on any atom is 0.335 e. The van der Waals surface area contributed by atoms with E-state index in [1.807, 2.05) is 0 Å². The van der Waals surface area contributed by atoms with Crippen LogP contribution in [0.1, 0.15) is 23.2 Å². The van der Waals surface area contributed by atoms with E-state index >= 15 is 0 Å². The summed E-state index contributed by atoms with van der Waals surface area (Å²) in [5.74, 6) is -1.10. The lowest BCUT2D eigenvalue weighted by atomic mass is 10.2. The molecule has 0 aliphatic carbocycles. The summed E-state index contributed by atoms with van der Waals surface area (Å²) in [6.07, 6.45) is 1.56. The number of rotatable bonds is 6. The van der Waals surface area contributed by atoms with Gasteiger partial charge in [-0.3, -0.25) is 0 Å². The first kappa shape index (κ1) is 15.7. The zero-order chi connectivity index (χ0) is 15.5. The molecule has 1 aromatic carbocycles. The van der Waals surface area contributed by atoms with Crippen molar-refractivity contribution in [3.8, 4) is 5.75 Å². The fourth-order valence-electron chi connectivity index (χ4n) is 2.11. The van der Waals surface area contributed by atoms with E-state index in [1.54, 1.807) is 0 Å². The molecular formula is C13H17NO6S. The predicted octanol–water partition coefficient (Wildman–Crippen LogP) is 0.851. The van der Waals surface area contributed by atoms with Crippen molar-refractivity contribution in [2.75, 3.05) is 20.3 Å². The van der Waals surface area contributed by atoms with E-state index in [9.17, 15) is 13.2 Å². The molecule has 0 amide bonds. The van der Waals surface area contributed by atoms with Gasteiger partial charge in [-0.1, -0.05) is 0 Å². The summed E-state index contributed by atoms with van der Waals surface area (Å²) in [6, 6.07) is 3.70. The number of carbonyl (C=O) groups is 1. The van der Waals surface area contributed by atoms with Gasteiger partial charge in [-0.15, -0.1) is 0 Å². The van der Waals surface area contributed by atoms with Gasteiger partial charge in [0.2, 0.25) is 10.0 Å². The molecule has 7 nitrogen and oxygen atoms in total. The number of carboxylic acid groups (broad SMARTS) is 1. The van der Waals surface area contributed by atoms with Crippen LogP contribution >= 0.6 is 0 Å². The summed E-state index contributed by atoms with van der Waals surface area (Å²) in [7, 11) is -2.54. The molecule has 116 valence electrons. The highest BCUT2D eigenvalue weighted by Crippen LogP contribution is 2.25. The second-order valence-corrected chi connectivity index (χ2v) is 6.39. The standard InChI is InChI=1S/C13H17NO6S/c1-19-11-5-4-9(13(15)16)7-12(11)21(17,18)14-8-10-3-2-6-20-10/h4-5,7,10,14H,2-3,6,8H2,1H3,(H,15,16)/t10-/m1/s1. The van der Waals surface area contributed by atoms with Gasteiger partial charge in [0, 0.05) is 13.2 Å². The Kier molecular flexibility index (Phi) is 4.81. The lowest BCUT2D eigenvalue weighted by molar-refractivity contribution is 0.0696. The minimum Gasteiger partial charge on any atom is -0.495 e. The SMILES string of the molecule is COc1ccc(C(=O)O)cc1S(=O)(=O)NC[C@H]1CCCO1. The number of methoxy groups -OCH3 is 1. The molecule has 0 unspecified atom stereocenters. The third kappa shape index (κ3) is 3.72. The molecule has 1 atom stereocenters. The van der Waals surface area contributed by atoms with Crippen molar-refractivity contribution < 1.29 is 27.8 Å². The normalized spacial score (nSPS) is 18.6. The Morgan fingerprint density at radius 2 is 2.29 bits per heavy atom. The van der Waals surface area contributed by atoms with E-state index in [0.717, 1.165) is 18.9 Å². The topological polar surface area (TPSA) is 102 Å². The molecule has 1 fully saturated rings. The van der Waals surface area contributed by atoms with Crippen LogP contribution in [0.5, 0.6) is 5.75 Å². The number of hydrogen-bond donors (Lipinski definition) is 2. The fourth-order valence-corrected chi connectivity index (χ4v) is 3.36. The molecule has 1 heterocycles. The molecule has 21 heavy (non-hydrogen) atoms.